The van der Waals surface area contributed by atoms with Crippen LogP contribution in [-0.4, -0.2) is 24.0 Å². The third-order valence-electron chi connectivity index (χ3n) is 5.37. The number of aryl methyl sites for hydroxylation is 1. The Hall–Kier alpha value is -2.82. The van der Waals surface area contributed by atoms with Crippen molar-refractivity contribution in [1.29, 1.82) is 0 Å². The van der Waals surface area contributed by atoms with E-state index in [1.54, 1.807) is 6.92 Å². The number of rotatable bonds is 4. The van der Waals surface area contributed by atoms with Gasteiger partial charge in [0, 0.05) is 22.4 Å². The number of carbonyl (C=O) groups is 2. The molecule has 0 unspecified atom stereocenters. The van der Waals surface area contributed by atoms with Gasteiger partial charge in [0.15, 0.2) is 6.10 Å². The standard InChI is InChI=1S/C22H23NO4/c1-13-17-12-11-15-7-3-6-10-18(15)20(17)27-19(13)22(25)26-14(2)21(24)23-16-8-4-5-9-16/h3,6-7,10-12,14,16H,4-5,8-9H2,1-2H3,(H,23,24)/t14-/m1/s1. The number of furan rings is 1. The van der Waals surface area contributed by atoms with Crippen LogP contribution in [0.15, 0.2) is 40.8 Å². The Bertz CT molecular complexity index is 1010. The van der Waals surface area contributed by atoms with E-state index in [2.05, 4.69) is 5.32 Å². The van der Waals surface area contributed by atoms with Gasteiger partial charge >= 0.3 is 5.97 Å². The summed E-state index contributed by atoms with van der Waals surface area (Å²) in [6, 6.07) is 12.0. The van der Waals surface area contributed by atoms with Crippen LogP contribution < -0.4 is 5.32 Å². The van der Waals surface area contributed by atoms with E-state index in [0.29, 0.717) is 5.58 Å². The van der Waals surface area contributed by atoms with E-state index in [4.69, 9.17) is 9.15 Å². The lowest BCUT2D eigenvalue weighted by molar-refractivity contribution is -0.129. The highest BCUT2D eigenvalue weighted by Gasteiger charge is 2.26. The average molecular weight is 365 g/mol. The zero-order valence-corrected chi connectivity index (χ0v) is 15.6. The lowest BCUT2D eigenvalue weighted by atomic mass is 10.1. The van der Waals surface area contributed by atoms with Gasteiger partial charge in [-0.25, -0.2) is 4.79 Å². The summed E-state index contributed by atoms with van der Waals surface area (Å²) in [5.41, 5.74) is 1.39. The van der Waals surface area contributed by atoms with Crippen LogP contribution in [0, 0.1) is 6.92 Å². The SMILES string of the molecule is Cc1c(C(=O)O[C@H](C)C(=O)NC2CCCC2)oc2c1ccc1ccccc12. The van der Waals surface area contributed by atoms with Crippen LogP contribution >= 0.6 is 0 Å². The Morgan fingerprint density at radius 1 is 1.11 bits per heavy atom. The van der Waals surface area contributed by atoms with Crippen LogP contribution in [0.1, 0.15) is 48.7 Å². The monoisotopic (exact) mass is 365 g/mol. The molecule has 0 radical (unpaired) electrons. The molecule has 3 aromatic rings. The van der Waals surface area contributed by atoms with Crippen LogP contribution in [0.3, 0.4) is 0 Å². The smallest absolute Gasteiger partial charge is 0.375 e. The van der Waals surface area contributed by atoms with Gasteiger partial charge in [0.1, 0.15) is 5.58 Å². The van der Waals surface area contributed by atoms with Gasteiger partial charge in [0.25, 0.3) is 5.91 Å². The van der Waals surface area contributed by atoms with Crippen LogP contribution in [0.5, 0.6) is 0 Å². The molecule has 0 saturated heterocycles. The molecule has 1 heterocycles. The molecule has 1 saturated carbocycles. The van der Waals surface area contributed by atoms with Crippen molar-refractivity contribution in [1.82, 2.24) is 5.32 Å². The Morgan fingerprint density at radius 3 is 2.63 bits per heavy atom. The highest BCUT2D eigenvalue weighted by molar-refractivity contribution is 6.08. The number of ether oxygens (including phenoxy) is 1. The minimum atomic E-state index is -0.859. The minimum Gasteiger partial charge on any atom is -0.448 e. The molecule has 1 aliphatic carbocycles. The molecule has 5 nitrogen and oxygen atoms in total. The molecule has 1 amide bonds. The zero-order chi connectivity index (χ0) is 19.0. The lowest BCUT2D eigenvalue weighted by Gasteiger charge is -2.16. The summed E-state index contributed by atoms with van der Waals surface area (Å²) in [5, 5.41) is 5.83. The normalized spacial score (nSPS) is 15.9. The molecule has 140 valence electrons. The van der Waals surface area contributed by atoms with Gasteiger partial charge in [-0.3, -0.25) is 4.79 Å². The summed E-state index contributed by atoms with van der Waals surface area (Å²) < 4.78 is 11.3. The predicted molar refractivity (Wildman–Crippen MR) is 104 cm³/mol. The Balaban J connectivity index is 1.56. The van der Waals surface area contributed by atoms with Gasteiger partial charge < -0.3 is 14.5 Å². The van der Waals surface area contributed by atoms with E-state index in [1.807, 2.05) is 43.3 Å². The first kappa shape index (κ1) is 17.6. The second-order valence-electron chi connectivity index (χ2n) is 7.26. The molecule has 1 atom stereocenters. The maximum Gasteiger partial charge on any atom is 0.375 e. The number of hydrogen-bond donors (Lipinski definition) is 1. The van der Waals surface area contributed by atoms with Gasteiger partial charge in [-0.05, 0) is 32.1 Å². The zero-order valence-electron chi connectivity index (χ0n) is 15.6. The summed E-state index contributed by atoms with van der Waals surface area (Å²) >= 11 is 0. The van der Waals surface area contributed by atoms with E-state index < -0.39 is 12.1 Å². The van der Waals surface area contributed by atoms with Gasteiger partial charge in [0.05, 0.1) is 0 Å². The van der Waals surface area contributed by atoms with Crippen molar-refractivity contribution in [3.63, 3.8) is 0 Å². The van der Waals surface area contributed by atoms with Gasteiger partial charge in [-0.15, -0.1) is 0 Å². The van der Waals surface area contributed by atoms with Crippen molar-refractivity contribution in [2.24, 2.45) is 0 Å². The van der Waals surface area contributed by atoms with Gasteiger partial charge in [-0.1, -0.05) is 49.2 Å². The first-order valence-electron chi connectivity index (χ1n) is 9.47. The third kappa shape index (κ3) is 3.29. The summed E-state index contributed by atoms with van der Waals surface area (Å²) in [5.74, 6) is -0.710. The lowest BCUT2D eigenvalue weighted by Crippen LogP contribution is -2.40. The molecule has 1 aliphatic rings. The predicted octanol–water partition coefficient (Wildman–Crippen LogP) is 4.50. The van der Waals surface area contributed by atoms with Crippen LogP contribution in [-0.2, 0) is 9.53 Å². The summed E-state index contributed by atoms with van der Waals surface area (Å²) in [7, 11) is 0. The fourth-order valence-electron chi connectivity index (χ4n) is 3.80. The number of hydrogen-bond acceptors (Lipinski definition) is 4. The molecular weight excluding hydrogens is 342 g/mol. The second kappa shape index (κ2) is 7.06. The highest BCUT2D eigenvalue weighted by atomic mass is 16.6. The first-order valence-corrected chi connectivity index (χ1v) is 9.47. The van der Waals surface area contributed by atoms with Crippen molar-refractivity contribution in [2.45, 2.75) is 51.7 Å². The van der Waals surface area contributed by atoms with Crippen LogP contribution in [0.2, 0.25) is 0 Å². The van der Waals surface area contributed by atoms with Gasteiger partial charge in [-0.2, -0.15) is 0 Å². The van der Waals surface area contributed by atoms with E-state index in [0.717, 1.165) is 47.4 Å². The van der Waals surface area contributed by atoms with Crippen molar-refractivity contribution in [2.75, 3.05) is 0 Å². The number of esters is 1. The fraction of sp³-hybridized carbons (Fsp3) is 0.364. The molecule has 27 heavy (non-hydrogen) atoms. The van der Waals surface area contributed by atoms with Crippen molar-refractivity contribution >= 4 is 33.6 Å². The molecule has 4 rings (SSSR count). The topological polar surface area (TPSA) is 68.5 Å². The second-order valence-corrected chi connectivity index (χ2v) is 7.26. The molecule has 1 aromatic heterocycles. The van der Waals surface area contributed by atoms with Crippen molar-refractivity contribution in [3.8, 4) is 0 Å². The summed E-state index contributed by atoms with van der Waals surface area (Å²) in [4.78, 5) is 24.9. The molecule has 5 heteroatoms. The number of benzene rings is 2. The molecule has 0 bridgehead atoms. The Morgan fingerprint density at radius 2 is 1.85 bits per heavy atom. The van der Waals surface area contributed by atoms with Crippen LogP contribution in [0.4, 0.5) is 0 Å². The van der Waals surface area contributed by atoms with E-state index >= 15 is 0 Å². The maximum absolute atomic E-state index is 12.6. The molecule has 1 N–H and O–H groups in total. The van der Waals surface area contributed by atoms with E-state index in [-0.39, 0.29) is 17.7 Å². The third-order valence-corrected chi connectivity index (χ3v) is 5.37. The molecular formula is C22H23NO4. The molecule has 1 fully saturated rings. The fourth-order valence-corrected chi connectivity index (χ4v) is 3.80. The molecule has 0 spiro atoms. The average Bonchev–Trinajstić information content (AvgIpc) is 3.29. The summed E-state index contributed by atoms with van der Waals surface area (Å²) in [6.07, 6.45) is 3.38. The Kier molecular flexibility index (Phi) is 4.60. The summed E-state index contributed by atoms with van der Waals surface area (Å²) in [6.45, 7) is 3.43. The minimum absolute atomic E-state index is 0.155. The number of carbonyl (C=O) groups excluding carboxylic acids is 2. The van der Waals surface area contributed by atoms with Gasteiger partial charge in [0.2, 0.25) is 5.76 Å². The number of nitrogens with one attached hydrogen (secondary N) is 1. The number of amides is 1. The maximum atomic E-state index is 12.6. The van der Waals surface area contributed by atoms with Crippen molar-refractivity contribution in [3.05, 3.63) is 47.7 Å². The van der Waals surface area contributed by atoms with Crippen LogP contribution in [0.25, 0.3) is 21.7 Å². The van der Waals surface area contributed by atoms with Crippen molar-refractivity contribution < 1.29 is 18.7 Å². The first-order chi connectivity index (χ1) is 13.0. The Labute approximate surface area is 157 Å². The number of fused-ring (bicyclic) bond motifs is 3. The highest BCUT2D eigenvalue weighted by Crippen LogP contribution is 2.32. The quantitative estimate of drug-likeness (QED) is 0.691. The molecule has 2 aromatic carbocycles. The van der Waals surface area contributed by atoms with E-state index in [9.17, 15) is 9.59 Å². The molecule has 0 aliphatic heterocycles. The van der Waals surface area contributed by atoms with E-state index in [1.165, 1.54) is 0 Å². The largest absolute Gasteiger partial charge is 0.448 e.